The number of fused-ring (bicyclic) bond motifs is 3. The maximum atomic E-state index is 2.52. The van der Waals surface area contributed by atoms with Crippen LogP contribution in [0.2, 0.25) is 0 Å². The Labute approximate surface area is 265 Å². The zero-order chi connectivity index (χ0) is 29.3. The highest BCUT2D eigenvalue weighted by Crippen LogP contribution is 2.41. The Bertz CT molecular complexity index is 1970. The molecule has 0 radical (unpaired) electrons. The van der Waals surface area contributed by atoms with Crippen LogP contribution in [0.15, 0.2) is 115 Å². The lowest BCUT2D eigenvalue weighted by atomic mass is 9.88. The molecule has 0 aliphatic heterocycles. The van der Waals surface area contributed by atoms with E-state index >= 15 is 0 Å². The highest BCUT2D eigenvalue weighted by atomic mass is 32.1. The van der Waals surface area contributed by atoms with Crippen molar-refractivity contribution in [1.82, 2.24) is 0 Å². The normalized spacial score (nSPS) is 16.1. The minimum absolute atomic E-state index is 0.952. The number of rotatable bonds is 6. The fourth-order valence-corrected chi connectivity index (χ4v) is 8.51. The van der Waals surface area contributed by atoms with Gasteiger partial charge in [-0.3, -0.25) is 0 Å². The summed E-state index contributed by atoms with van der Waals surface area (Å²) in [7, 11) is 0. The summed E-state index contributed by atoms with van der Waals surface area (Å²) < 4.78 is 1.48. The summed E-state index contributed by atoms with van der Waals surface area (Å²) in [5, 5.41) is 1.50. The van der Waals surface area contributed by atoms with Crippen molar-refractivity contribution in [1.29, 1.82) is 0 Å². The molecule has 1 heterocycles. The molecule has 1 aromatic heterocycles. The predicted octanol–water partition coefficient (Wildman–Crippen LogP) is 12.5. The molecule has 44 heavy (non-hydrogen) atoms. The number of thiophene rings is 1. The van der Waals surface area contributed by atoms with Gasteiger partial charge in [-0.05, 0) is 161 Å². The van der Waals surface area contributed by atoms with Crippen molar-refractivity contribution in [2.75, 3.05) is 0 Å². The van der Waals surface area contributed by atoms with E-state index in [2.05, 4.69) is 121 Å². The second-order valence-corrected chi connectivity index (χ2v) is 13.6. The molecule has 3 aliphatic rings. The molecule has 0 saturated heterocycles. The summed E-state index contributed by atoms with van der Waals surface area (Å²) in [4.78, 5) is 1.47. The van der Waals surface area contributed by atoms with Gasteiger partial charge in [-0.2, -0.15) is 0 Å². The summed E-state index contributed by atoms with van der Waals surface area (Å²) >= 11 is 2.00. The summed E-state index contributed by atoms with van der Waals surface area (Å²) in [6.45, 7) is 0. The van der Waals surface area contributed by atoms with E-state index < -0.39 is 0 Å². The summed E-state index contributed by atoms with van der Waals surface area (Å²) in [5.41, 5.74) is 15.2. The zero-order valence-corrected chi connectivity index (χ0v) is 26.1. The van der Waals surface area contributed by atoms with Gasteiger partial charge >= 0.3 is 0 Å². The summed E-state index contributed by atoms with van der Waals surface area (Å²) in [5.74, 6) is 0. The molecule has 4 aromatic carbocycles. The van der Waals surface area contributed by atoms with Crippen LogP contribution < -0.4 is 0 Å². The predicted molar refractivity (Wildman–Crippen MR) is 192 cm³/mol. The number of aryl methyl sites for hydroxylation is 1. The zero-order valence-electron chi connectivity index (χ0n) is 25.3. The first-order valence-electron chi connectivity index (χ1n) is 16.4. The Hall–Kier alpha value is -4.20. The van der Waals surface area contributed by atoms with Gasteiger partial charge in [0.15, 0.2) is 0 Å². The van der Waals surface area contributed by atoms with E-state index in [1.807, 2.05) is 11.3 Å². The molecular formula is C43H38S. The van der Waals surface area contributed by atoms with Crippen LogP contribution in [-0.2, 0) is 12.8 Å². The van der Waals surface area contributed by atoms with Crippen molar-refractivity contribution in [2.45, 2.75) is 57.8 Å². The topological polar surface area (TPSA) is 0 Å². The van der Waals surface area contributed by atoms with Crippen LogP contribution in [0.3, 0.4) is 0 Å². The average Bonchev–Trinajstić information content (AvgIpc) is 3.48. The number of allylic oxidation sites excluding steroid dienone is 7. The fraction of sp³-hybridized carbons (Fsp3) is 0.209. The van der Waals surface area contributed by atoms with E-state index in [0.717, 1.165) is 32.1 Å². The van der Waals surface area contributed by atoms with Crippen LogP contribution in [-0.4, -0.2) is 0 Å². The van der Waals surface area contributed by atoms with E-state index in [1.54, 1.807) is 11.1 Å². The van der Waals surface area contributed by atoms with Gasteiger partial charge in [0.2, 0.25) is 0 Å². The van der Waals surface area contributed by atoms with Crippen molar-refractivity contribution in [2.24, 2.45) is 0 Å². The summed E-state index contributed by atoms with van der Waals surface area (Å²) in [6, 6.07) is 32.3. The van der Waals surface area contributed by atoms with E-state index in [9.17, 15) is 0 Å². The summed E-state index contributed by atoms with van der Waals surface area (Å²) in [6.07, 6.45) is 24.8. The van der Waals surface area contributed by atoms with E-state index in [0.29, 0.717) is 0 Å². The standard InChI is InChI=1S/C43H38S/c1-4-14-31(15-5-1)35-25-36(32-16-6-2-7-17-32)27-37(26-35)34-20-12-13-30(23-34)24-39-28-38(33-18-8-3-9-19-33)29-41-40-21-10-11-22-42(40)44-43(39)41/h1,4-6,11-18,20,22-23,25-29H,2-3,7-10,19,21,24H2. The molecule has 0 atom stereocenters. The molecule has 3 aliphatic carbocycles. The highest BCUT2D eigenvalue weighted by molar-refractivity contribution is 7.20. The van der Waals surface area contributed by atoms with Gasteiger partial charge in [0.1, 0.15) is 0 Å². The van der Waals surface area contributed by atoms with Crippen LogP contribution >= 0.6 is 11.3 Å². The number of benzene rings is 4. The lowest BCUT2D eigenvalue weighted by Crippen LogP contribution is -1.97. The molecule has 1 heteroatoms. The Morgan fingerprint density at radius 2 is 1.41 bits per heavy atom. The maximum absolute atomic E-state index is 2.52. The third-order valence-electron chi connectivity index (χ3n) is 9.52. The van der Waals surface area contributed by atoms with Crippen LogP contribution in [0.4, 0.5) is 0 Å². The molecule has 0 N–H and O–H groups in total. The lowest BCUT2D eigenvalue weighted by Gasteiger charge is -2.16. The molecule has 5 aromatic rings. The molecule has 0 saturated carbocycles. The molecule has 0 amide bonds. The molecule has 0 unspecified atom stereocenters. The first kappa shape index (κ1) is 27.4. The third-order valence-corrected chi connectivity index (χ3v) is 10.8. The van der Waals surface area contributed by atoms with Crippen LogP contribution in [0.25, 0.3) is 49.6 Å². The molecule has 0 nitrogen and oxygen atoms in total. The van der Waals surface area contributed by atoms with Crippen LogP contribution in [0.1, 0.15) is 77.6 Å². The molecule has 216 valence electrons. The van der Waals surface area contributed by atoms with Crippen molar-refractivity contribution in [3.8, 4) is 22.3 Å². The third kappa shape index (κ3) is 5.46. The first-order chi connectivity index (χ1) is 21.8. The maximum Gasteiger partial charge on any atom is 0.0387 e. The van der Waals surface area contributed by atoms with Gasteiger partial charge in [-0.25, -0.2) is 0 Å². The van der Waals surface area contributed by atoms with Crippen molar-refractivity contribution in [3.63, 3.8) is 0 Å². The van der Waals surface area contributed by atoms with Gasteiger partial charge in [0, 0.05) is 9.58 Å². The van der Waals surface area contributed by atoms with Crippen LogP contribution in [0.5, 0.6) is 0 Å². The smallest absolute Gasteiger partial charge is 0.0387 e. The van der Waals surface area contributed by atoms with Crippen molar-refractivity contribution in [3.05, 3.63) is 148 Å². The highest BCUT2D eigenvalue weighted by Gasteiger charge is 2.19. The Balaban J connectivity index is 1.21. The monoisotopic (exact) mass is 586 g/mol. The molecular weight excluding hydrogens is 549 g/mol. The van der Waals surface area contributed by atoms with Crippen LogP contribution in [0, 0.1) is 0 Å². The minimum atomic E-state index is 0.952. The van der Waals surface area contributed by atoms with Gasteiger partial charge in [-0.1, -0.05) is 85.0 Å². The molecule has 0 fully saturated rings. The van der Waals surface area contributed by atoms with Gasteiger partial charge in [-0.15, -0.1) is 11.3 Å². The molecule has 0 spiro atoms. The number of hydrogen-bond donors (Lipinski definition) is 0. The Kier molecular flexibility index (Phi) is 7.50. The van der Waals surface area contributed by atoms with E-state index in [4.69, 9.17) is 0 Å². The Morgan fingerprint density at radius 3 is 2.25 bits per heavy atom. The first-order valence-corrected chi connectivity index (χ1v) is 17.2. The second kappa shape index (κ2) is 12.1. The van der Waals surface area contributed by atoms with Crippen molar-refractivity contribution < 1.29 is 0 Å². The number of hydrogen-bond acceptors (Lipinski definition) is 1. The van der Waals surface area contributed by atoms with Gasteiger partial charge < -0.3 is 0 Å². The quantitative estimate of drug-likeness (QED) is 0.186. The lowest BCUT2D eigenvalue weighted by molar-refractivity contribution is 0.742. The Morgan fingerprint density at radius 1 is 0.568 bits per heavy atom. The van der Waals surface area contributed by atoms with E-state index in [-0.39, 0.29) is 0 Å². The largest absolute Gasteiger partial charge is 0.135 e. The molecule has 0 bridgehead atoms. The average molecular weight is 587 g/mol. The van der Waals surface area contributed by atoms with Gasteiger partial charge in [0.25, 0.3) is 0 Å². The fourth-order valence-electron chi connectivity index (χ4n) is 7.23. The van der Waals surface area contributed by atoms with E-state index in [1.165, 1.54) is 90.7 Å². The SMILES string of the molecule is C1=CC(c2cc(-c3ccccc3)cc(-c3cccc(Cc4cc(C5=CCCCC5)cc5c6c(sc45)C=CCC6)c3)c2)=CCC1. The molecule has 8 rings (SSSR count). The minimum Gasteiger partial charge on any atom is -0.135 e. The van der Waals surface area contributed by atoms with Crippen molar-refractivity contribution >= 4 is 38.6 Å². The van der Waals surface area contributed by atoms with Gasteiger partial charge in [0.05, 0.1) is 0 Å². The second-order valence-electron chi connectivity index (χ2n) is 12.6.